The van der Waals surface area contributed by atoms with Gasteiger partial charge in [-0.15, -0.1) is 11.8 Å². The summed E-state index contributed by atoms with van der Waals surface area (Å²) in [4.78, 5) is 17.0. The summed E-state index contributed by atoms with van der Waals surface area (Å²) in [6.07, 6.45) is 4.56. The molecule has 9 rings (SSSR count). The molecule has 0 radical (unpaired) electrons. The number of hydrogen-bond acceptors (Lipinski definition) is 7. The van der Waals surface area contributed by atoms with Gasteiger partial charge in [0.05, 0.1) is 17.0 Å². The first-order chi connectivity index (χ1) is 28.1. The van der Waals surface area contributed by atoms with Crippen LogP contribution in [0, 0.1) is 5.82 Å². The van der Waals surface area contributed by atoms with Crippen LogP contribution in [-0.4, -0.2) is 59.5 Å². The minimum atomic E-state index is -2.77. The summed E-state index contributed by atoms with van der Waals surface area (Å²) in [6.45, 7) is 9.15. The molecular formula is C48H46ClFN4O2SSi. The lowest BCUT2D eigenvalue weighted by molar-refractivity contribution is 0.106. The minimum absolute atomic E-state index is 0.00307. The summed E-state index contributed by atoms with van der Waals surface area (Å²) >= 11 is 8.23. The maximum atomic E-state index is 17.0. The van der Waals surface area contributed by atoms with Crippen molar-refractivity contribution in [1.82, 2.24) is 19.9 Å². The summed E-state index contributed by atoms with van der Waals surface area (Å²) < 4.78 is 31.3. The standard InChI is InChI=1S/C48H46ClFN4O2SSi/c1-47(2,3)58(36-20-9-5-10-21-36,37-22-11-6-12-23-37)56-35-28-48(26-15-27-54(48)30-35)32-55-46-52-44-39(45(53-46)57-31-33-16-7-4-8-17-33)29-51-43(42(44)50)38-24-13-18-34-19-14-25-40(49)41(34)38/h4-14,16-25,29,35H,15,26-28,30-32H2,1-3H3/t35-,48+/m1/s1. The molecule has 0 spiro atoms. The van der Waals surface area contributed by atoms with Crippen molar-refractivity contribution in [1.29, 1.82) is 0 Å². The molecule has 0 saturated carbocycles. The number of aromatic nitrogens is 3. The first-order valence-electron chi connectivity index (χ1n) is 20.0. The van der Waals surface area contributed by atoms with Gasteiger partial charge in [-0.2, -0.15) is 9.97 Å². The van der Waals surface area contributed by atoms with E-state index in [2.05, 4.69) is 103 Å². The van der Waals surface area contributed by atoms with E-state index < -0.39 is 14.1 Å². The average Bonchev–Trinajstić information content (AvgIpc) is 3.79. The minimum Gasteiger partial charge on any atom is -0.461 e. The number of halogens is 2. The Bertz CT molecular complexity index is 2540. The summed E-state index contributed by atoms with van der Waals surface area (Å²) in [6, 6.07) is 43.4. The topological polar surface area (TPSA) is 60.4 Å². The molecule has 0 N–H and O–H groups in total. The lowest BCUT2D eigenvalue weighted by Crippen LogP contribution is -2.67. The molecule has 2 atom stereocenters. The zero-order valence-corrected chi connectivity index (χ0v) is 35.6. The van der Waals surface area contributed by atoms with Crippen molar-refractivity contribution < 1.29 is 13.6 Å². The molecule has 2 fully saturated rings. The fourth-order valence-corrected chi connectivity index (χ4v) is 15.2. The Kier molecular flexibility index (Phi) is 10.6. The van der Waals surface area contributed by atoms with E-state index in [4.69, 9.17) is 30.7 Å². The van der Waals surface area contributed by atoms with Gasteiger partial charge in [0.25, 0.3) is 8.32 Å². The normalized spacial score (nSPS) is 18.5. The molecule has 0 amide bonds. The van der Waals surface area contributed by atoms with Crippen LogP contribution in [0.1, 0.15) is 45.6 Å². The third-order valence-electron chi connectivity index (χ3n) is 12.0. The summed E-state index contributed by atoms with van der Waals surface area (Å²) in [5.41, 5.74) is 1.85. The Morgan fingerprint density at radius 3 is 2.22 bits per heavy atom. The van der Waals surface area contributed by atoms with Gasteiger partial charge in [0.15, 0.2) is 5.82 Å². The smallest absolute Gasteiger partial charge is 0.318 e. The SMILES string of the molecule is CC(C)(C)[Si](O[C@H]1CN2CCC[C@@]2(COc2nc(SCc3ccccc3)c3cnc(-c4cccc5cccc(Cl)c45)c(F)c3n2)C1)(c1ccccc1)c1ccccc1. The molecule has 2 aromatic heterocycles. The highest BCUT2D eigenvalue weighted by Gasteiger charge is 2.56. The monoisotopic (exact) mass is 824 g/mol. The average molecular weight is 826 g/mol. The molecule has 294 valence electrons. The molecule has 0 unspecified atom stereocenters. The van der Waals surface area contributed by atoms with Gasteiger partial charge in [-0.05, 0) is 58.2 Å². The quantitative estimate of drug-likeness (QED) is 0.0731. The molecule has 2 saturated heterocycles. The van der Waals surface area contributed by atoms with Crippen molar-refractivity contribution in [3.63, 3.8) is 0 Å². The number of ether oxygens (including phenoxy) is 1. The lowest BCUT2D eigenvalue weighted by Gasteiger charge is -2.44. The second-order valence-electron chi connectivity index (χ2n) is 16.6. The second-order valence-corrected chi connectivity index (χ2v) is 22.2. The second kappa shape index (κ2) is 15.8. The molecule has 58 heavy (non-hydrogen) atoms. The largest absolute Gasteiger partial charge is 0.461 e. The van der Waals surface area contributed by atoms with Crippen molar-refractivity contribution in [3.8, 4) is 17.3 Å². The molecule has 4 heterocycles. The third kappa shape index (κ3) is 7.11. The van der Waals surface area contributed by atoms with Crippen LogP contribution in [0.2, 0.25) is 10.1 Å². The van der Waals surface area contributed by atoms with Crippen LogP contribution in [0.5, 0.6) is 6.01 Å². The maximum Gasteiger partial charge on any atom is 0.318 e. The van der Waals surface area contributed by atoms with Gasteiger partial charge >= 0.3 is 6.01 Å². The molecule has 5 aromatic carbocycles. The van der Waals surface area contributed by atoms with E-state index in [-0.39, 0.29) is 33.9 Å². The molecular weight excluding hydrogens is 779 g/mol. The highest BCUT2D eigenvalue weighted by atomic mass is 35.5. The highest BCUT2D eigenvalue weighted by molar-refractivity contribution is 7.98. The van der Waals surface area contributed by atoms with E-state index in [9.17, 15) is 0 Å². The first kappa shape index (κ1) is 38.9. The van der Waals surface area contributed by atoms with E-state index >= 15 is 4.39 Å². The van der Waals surface area contributed by atoms with Gasteiger partial charge in [-0.25, -0.2) is 4.39 Å². The van der Waals surface area contributed by atoms with Crippen LogP contribution in [-0.2, 0) is 10.2 Å². The van der Waals surface area contributed by atoms with Crippen molar-refractivity contribution in [2.45, 2.75) is 67.5 Å². The van der Waals surface area contributed by atoms with Crippen LogP contribution >= 0.6 is 23.4 Å². The zero-order valence-electron chi connectivity index (χ0n) is 33.0. The number of rotatable bonds is 11. The van der Waals surface area contributed by atoms with Crippen LogP contribution in [0.3, 0.4) is 0 Å². The fraction of sp³-hybridized carbons (Fsp3) is 0.271. The maximum absolute atomic E-state index is 17.0. The number of benzene rings is 5. The summed E-state index contributed by atoms with van der Waals surface area (Å²) in [7, 11) is -2.77. The number of hydrogen-bond donors (Lipinski definition) is 0. The van der Waals surface area contributed by atoms with E-state index in [0.29, 0.717) is 33.4 Å². The lowest BCUT2D eigenvalue weighted by atomic mass is 9.94. The molecule has 0 aliphatic carbocycles. The summed E-state index contributed by atoms with van der Waals surface area (Å²) in [5.74, 6) is 0.118. The molecule has 2 aliphatic rings. The van der Waals surface area contributed by atoms with Crippen molar-refractivity contribution in [2.24, 2.45) is 0 Å². The Morgan fingerprint density at radius 2 is 1.53 bits per heavy atom. The van der Waals surface area contributed by atoms with Crippen LogP contribution < -0.4 is 15.1 Å². The van der Waals surface area contributed by atoms with Gasteiger partial charge in [0, 0.05) is 34.5 Å². The van der Waals surface area contributed by atoms with E-state index in [1.807, 2.05) is 54.6 Å². The molecule has 10 heteroatoms. The van der Waals surface area contributed by atoms with Gasteiger partial charge < -0.3 is 9.16 Å². The van der Waals surface area contributed by atoms with Gasteiger partial charge in [0.2, 0.25) is 0 Å². The first-order valence-corrected chi connectivity index (χ1v) is 23.3. The fourth-order valence-electron chi connectivity index (χ4n) is 9.28. The number of thioether (sulfide) groups is 1. The van der Waals surface area contributed by atoms with Crippen molar-refractivity contribution in [3.05, 3.63) is 150 Å². The summed E-state index contributed by atoms with van der Waals surface area (Å²) in [5, 5.41) is 5.78. The van der Waals surface area contributed by atoms with Crippen LogP contribution in [0.25, 0.3) is 32.9 Å². The van der Waals surface area contributed by atoms with E-state index in [1.165, 1.54) is 22.1 Å². The molecule has 0 bridgehead atoms. The molecule has 2 aliphatic heterocycles. The number of fused-ring (bicyclic) bond motifs is 3. The number of pyridine rings is 1. The zero-order chi connectivity index (χ0) is 39.9. The highest BCUT2D eigenvalue weighted by Crippen LogP contribution is 2.45. The Balaban J connectivity index is 1.06. The van der Waals surface area contributed by atoms with Gasteiger partial charge in [-0.1, -0.05) is 154 Å². The Morgan fingerprint density at radius 1 is 0.862 bits per heavy atom. The van der Waals surface area contributed by atoms with Gasteiger partial charge in [0.1, 0.15) is 22.8 Å². The molecule has 7 aromatic rings. The molecule has 6 nitrogen and oxygen atoms in total. The van der Waals surface area contributed by atoms with Crippen LogP contribution in [0.15, 0.2) is 139 Å². The Hall–Kier alpha value is -4.64. The van der Waals surface area contributed by atoms with Crippen molar-refractivity contribution in [2.75, 3.05) is 19.7 Å². The van der Waals surface area contributed by atoms with E-state index in [1.54, 1.807) is 6.20 Å². The predicted molar refractivity (Wildman–Crippen MR) is 237 cm³/mol. The van der Waals surface area contributed by atoms with Gasteiger partial charge in [-0.3, -0.25) is 9.88 Å². The Labute approximate surface area is 349 Å². The van der Waals surface area contributed by atoms with E-state index in [0.717, 1.165) is 48.7 Å². The third-order valence-corrected chi connectivity index (χ3v) is 18.4. The van der Waals surface area contributed by atoms with Crippen LogP contribution in [0.4, 0.5) is 4.39 Å². The van der Waals surface area contributed by atoms with Crippen molar-refractivity contribution >= 4 is 63.7 Å². The predicted octanol–water partition coefficient (Wildman–Crippen LogP) is 10.5. The number of nitrogens with zero attached hydrogens (tertiary/aromatic N) is 4.